The van der Waals surface area contributed by atoms with Crippen LogP contribution in [0.2, 0.25) is 0 Å². The molecule has 0 radical (unpaired) electrons. The normalized spacial score (nSPS) is 16.1. The monoisotopic (exact) mass is 239 g/mol. The summed E-state index contributed by atoms with van der Waals surface area (Å²) in [5, 5.41) is 8.87. The molecular weight excluding hydrogens is 226 g/mol. The zero-order chi connectivity index (χ0) is 11.5. The maximum atomic E-state index is 10.8. The molecule has 16 heavy (non-hydrogen) atoms. The molecule has 2 heterocycles. The maximum absolute atomic E-state index is 10.8. The Morgan fingerprint density at radius 3 is 2.75 bits per heavy atom. The van der Waals surface area contributed by atoms with E-state index in [1.165, 1.54) is 6.07 Å². The molecule has 3 N–H and O–H groups in total. The first kappa shape index (κ1) is 11.1. The van der Waals surface area contributed by atoms with Gasteiger partial charge >= 0.3 is 5.97 Å². The average Bonchev–Trinajstić information content (AvgIpc) is 2.30. The number of nitrogens with zero attached hydrogens (tertiary/aromatic N) is 2. The lowest BCUT2D eigenvalue weighted by Gasteiger charge is -2.28. The minimum Gasteiger partial charge on any atom is -0.477 e. The van der Waals surface area contributed by atoms with Gasteiger partial charge in [0.2, 0.25) is 0 Å². The third-order valence-corrected chi connectivity index (χ3v) is 3.38. The van der Waals surface area contributed by atoms with Crippen LogP contribution in [0.5, 0.6) is 0 Å². The summed E-state index contributed by atoms with van der Waals surface area (Å²) in [5.41, 5.74) is 6.40. The van der Waals surface area contributed by atoms with E-state index in [0.29, 0.717) is 11.5 Å². The zero-order valence-electron chi connectivity index (χ0n) is 8.72. The summed E-state index contributed by atoms with van der Waals surface area (Å²) < 4.78 is 0. The van der Waals surface area contributed by atoms with E-state index < -0.39 is 5.97 Å². The summed E-state index contributed by atoms with van der Waals surface area (Å²) in [7, 11) is 0. The molecule has 1 fully saturated rings. The Bertz CT molecular complexity index is 405. The van der Waals surface area contributed by atoms with Gasteiger partial charge < -0.3 is 15.7 Å². The number of anilines is 2. The number of nitrogen functional groups attached to an aromatic ring is 1. The maximum Gasteiger partial charge on any atom is 0.354 e. The lowest BCUT2D eigenvalue weighted by atomic mass is 10.3. The summed E-state index contributed by atoms with van der Waals surface area (Å²) >= 11 is 1.88. The number of rotatable bonds is 2. The highest BCUT2D eigenvalue weighted by Crippen LogP contribution is 2.23. The molecule has 0 amide bonds. The minimum absolute atomic E-state index is 0.0439. The summed E-state index contributed by atoms with van der Waals surface area (Å²) in [6.45, 7) is 1.73. The van der Waals surface area contributed by atoms with Crippen molar-refractivity contribution in [3.63, 3.8) is 0 Å². The van der Waals surface area contributed by atoms with Crippen molar-refractivity contribution >= 4 is 29.2 Å². The van der Waals surface area contributed by atoms with Crippen LogP contribution in [0.25, 0.3) is 0 Å². The molecule has 6 heteroatoms. The van der Waals surface area contributed by atoms with Crippen molar-refractivity contribution in [2.75, 3.05) is 35.2 Å². The highest BCUT2D eigenvalue weighted by molar-refractivity contribution is 7.99. The van der Waals surface area contributed by atoms with Crippen molar-refractivity contribution < 1.29 is 9.90 Å². The van der Waals surface area contributed by atoms with Crippen molar-refractivity contribution in [3.05, 3.63) is 17.8 Å². The van der Waals surface area contributed by atoms with Crippen molar-refractivity contribution in [3.8, 4) is 0 Å². The number of hydrogen-bond donors (Lipinski definition) is 2. The van der Waals surface area contributed by atoms with Crippen LogP contribution in [0.3, 0.4) is 0 Å². The highest BCUT2D eigenvalue weighted by atomic mass is 32.2. The van der Waals surface area contributed by atoms with Gasteiger partial charge in [0, 0.05) is 24.6 Å². The summed E-state index contributed by atoms with van der Waals surface area (Å²) in [5.74, 6) is 1.63. The second-order valence-corrected chi connectivity index (χ2v) is 4.74. The van der Waals surface area contributed by atoms with Gasteiger partial charge in [-0.3, -0.25) is 0 Å². The van der Waals surface area contributed by atoms with Crippen molar-refractivity contribution in [1.29, 1.82) is 0 Å². The fraction of sp³-hybridized carbons (Fsp3) is 0.400. The van der Waals surface area contributed by atoms with Crippen molar-refractivity contribution in [1.82, 2.24) is 4.98 Å². The number of aromatic carboxylic acids is 1. The van der Waals surface area contributed by atoms with Crippen molar-refractivity contribution in [2.45, 2.75) is 0 Å². The quantitative estimate of drug-likeness (QED) is 0.798. The largest absolute Gasteiger partial charge is 0.477 e. The van der Waals surface area contributed by atoms with Gasteiger partial charge in [-0.25, -0.2) is 9.78 Å². The van der Waals surface area contributed by atoms with Crippen LogP contribution >= 0.6 is 11.8 Å². The summed E-state index contributed by atoms with van der Waals surface area (Å²) in [6, 6.07) is 3.04. The van der Waals surface area contributed by atoms with E-state index in [9.17, 15) is 4.79 Å². The van der Waals surface area contributed by atoms with Crippen LogP contribution in [-0.2, 0) is 0 Å². The number of carboxylic acid groups (broad SMARTS) is 1. The van der Waals surface area contributed by atoms with Gasteiger partial charge in [0.1, 0.15) is 0 Å². The Kier molecular flexibility index (Phi) is 3.19. The molecule has 0 saturated carbocycles. The van der Waals surface area contributed by atoms with E-state index in [4.69, 9.17) is 10.8 Å². The molecule has 1 saturated heterocycles. The summed E-state index contributed by atoms with van der Waals surface area (Å²) in [4.78, 5) is 16.9. The van der Waals surface area contributed by atoms with E-state index in [0.717, 1.165) is 24.6 Å². The third-order valence-electron chi connectivity index (χ3n) is 2.44. The van der Waals surface area contributed by atoms with Gasteiger partial charge in [-0.05, 0) is 12.1 Å². The first-order valence-electron chi connectivity index (χ1n) is 5.01. The molecule has 0 aromatic carbocycles. The Hall–Kier alpha value is -1.43. The second kappa shape index (κ2) is 4.61. The number of carboxylic acids is 1. The van der Waals surface area contributed by atoms with E-state index >= 15 is 0 Å². The van der Waals surface area contributed by atoms with E-state index in [1.807, 2.05) is 16.7 Å². The van der Waals surface area contributed by atoms with Gasteiger partial charge in [-0.15, -0.1) is 0 Å². The van der Waals surface area contributed by atoms with E-state index in [2.05, 4.69) is 4.98 Å². The molecule has 1 aromatic rings. The van der Waals surface area contributed by atoms with Crippen LogP contribution in [0.15, 0.2) is 12.1 Å². The van der Waals surface area contributed by atoms with Crippen LogP contribution < -0.4 is 10.6 Å². The van der Waals surface area contributed by atoms with Crippen LogP contribution in [0.1, 0.15) is 10.5 Å². The van der Waals surface area contributed by atoms with Gasteiger partial charge in [-0.2, -0.15) is 11.8 Å². The number of thioether (sulfide) groups is 1. The second-order valence-electron chi connectivity index (χ2n) is 3.51. The molecule has 5 nitrogen and oxygen atoms in total. The molecule has 0 aliphatic carbocycles. The lowest BCUT2D eigenvalue weighted by Crippen LogP contribution is -2.34. The topological polar surface area (TPSA) is 79.5 Å². The molecule has 1 aliphatic rings. The SMILES string of the molecule is Nc1ccc(C(=O)O)nc1N1CCSCC1. The first-order valence-corrected chi connectivity index (χ1v) is 6.16. The van der Waals surface area contributed by atoms with E-state index in [-0.39, 0.29) is 5.69 Å². The standard InChI is InChI=1S/C10H13N3O2S/c11-7-1-2-8(10(14)15)12-9(7)13-3-5-16-6-4-13/h1-2H,3-6,11H2,(H,14,15). The number of pyridine rings is 1. The fourth-order valence-electron chi connectivity index (χ4n) is 1.61. The van der Waals surface area contributed by atoms with Gasteiger partial charge in [0.05, 0.1) is 5.69 Å². The Labute approximate surface area is 97.6 Å². The predicted octanol–water partition coefficient (Wildman–Crippen LogP) is 0.915. The molecule has 1 aromatic heterocycles. The Morgan fingerprint density at radius 2 is 2.12 bits per heavy atom. The van der Waals surface area contributed by atoms with Crippen LogP contribution in [0.4, 0.5) is 11.5 Å². The predicted molar refractivity (Wildman–Crippen MR) is 65.1 cm³/mol. The first-order chi connectivity index (χ1) is 7.68. The molecule has 2 rings (SSSR count). The third kappa shape index (κ3) is 2.21. The minimum atomic E-state index is -1.02. The van der Waals surface area contributed by atoms with Crippen molar-refractivity contribution in [2.24, 2.45) is 0 Å². The molecule has 0 unspecified atom stereocenters. The Balaban J connectivity index is 2.30. The van der Waals surface area contributed by atoms with Crippen LogP contribution in [0, 0.1) is 0 Å². The van der Waals surface area contributed by atoms with Gasteiger partial charge in [0.25, 0.3) is 0 Å². The summed E-state index contributed by atoms with van der Waals surface area (Å²) in [6.07, 6.45) is 0. The number of hydrogen-bond acceptors (Lipinski definition) is 5. The number of aromatic nitrogens is 1. The molecule has 86 valence electrons. The Morgan fingerprint density at radius 1 is 1.44 bits per heavy atom. The fourth-order valence-corrected chi connectivity index (χ4v) is 2.51. The van der Waals surface area contributed by atoms with Crippen LogP contribution in [-0.4, -0.2) is 40.7 Å². The lowest BCUT2D eigenvalue weighted by molar-refractivity contribution is 0.0690. The molecule has 0 spiro atoms. The molecule has 0 atom stereocenters. The van der Waals surface area contributed by atoms with E-state index in [1.54, 1.807) is 6.07 Å². The zero-order valence-corrected chi connectivity index (χ0v) is 9.54. The molecule has 0 bridgehead atoms. The smallest absolute Gasteiger partial charge is 0.354 e. The molecular formula is C10H13N3O2S. The highest BCUT2D eigenvalue weighted by Gasteiger charge is 2.17. The average molecular weight is 239 g/mol. The number of carbonyl (C=O) groups is 1. The van der Waals surface area contributed by atoms with Gasteiger partial charge in [0.15, 0.2) is 11.5 Å². The number of nitrogens with two attached hydrogens (primary N) is 1. The molecule has 1 aliphatic heterocycles. The van der Waals surface area contributed by atoms with Gasteiger partial charge in [-0.1, -0.05) is 0 Å².